The van der Waals surface area contributed by atoms with Crippen molar-refractivity contribution in [3.63, 3.8) is 0 Å². The van der Waals surface area contributed by atoms with Crippen LogP contribution in [-0.4, -0.2) is 73.4 Å². The second-order valence-electron chi connectivity index (χ2n) is 4.25. The van der Waals surface area contributed by atoms with Crippen LogP contribution in [-0.2, 0) is 19.2 Å². The third-order valence-corrected chi connectivity index (χ3v) is 2.63. The fraction of sp³-hybridized carbons (Fsp3) is 0.600. The van der Waals surface area contributed by atoms with Gasteiger partial charge in [0.25, 0.3) is 0 Å². The molecule has 0 aromatic rings. The minimum absolute atomic E-state index is 0. The van der Waals surface area contributed by atoms with Crippen molar-refractivity contribution in [1.29, 1.82) is 0 Å². The zero-order valence-corrected chi connectivity index (χ0v) is 14.2. The zero-order valence-electron chi connectivity index (χ0n) is 14.2. The third-order valence-electron chi connectivity index (χ3n) is 2.63. The Bertz CT molecular complexity index is 405. The maximum absolute atomic E-state index is 10.8. The van der Waals surface area contributed by atoms with E-state index >= 15 is 0 Å². The van der Waals surface area contributed by atoms with Gasteiger partial charge in [-0.15, -0.1) is 0 Å². The number of carboxylic acids is 4. The molecule has 16 heteroatoms. The Morgan fingerprint density at radius 1 is 0.769 bits per heavy atom. The summed E-state index contributed by atoms with van der Waals surface area (Å²) in [5.41, 5.74) is 3.71. The van der Waals surface area contributed by atoms with Crippen molar-refractivity contribution in [3.05, 3.63) is 0 Å². The van der Waals surface area contributed by atoms with Crippen LogP contribution in [0.1, 0.15) is 19.3 Å². The minimum atomic E-state index is -1.87. The highest BCUT2D eigenvalue weighted by Gasteiger charge is 2.42. The highest BCUT2D eigenvalue weighted by Crippen LogP contribution is 2.22. The lowest BCUT2D eigenvalue weighted by molar-refractivity contribution is -0.146. The van der Waals surface area contributed by atoms with Crippen molar-refractivity contribution < 1.29 is 50.6 Å². The standard InChI is InChI=1S/C10H16N2O8.4H3N.2H2O/c11-5(1-6(13)14)10(2-7(15)16,3-8(17)18)12-4-9(19)20;;;;;;/h5,12H,1-4,11H2,(H,13,14)(H,15,16)(H,17,18)(H,19,20);4*1H3;2*1H2. The molecule has 162 valence electrons. The number of nitrogens with one attached hydrogen (secondary N) is 1. The number of hydrogen-bond acceptors (Lipinski definition) is 10. The predicted octanol–water partition coefficient (Wildman–Crippen LogP) is -2.85. The molecule has 1 unspecified atom stereocenters. The molecule has 0 rings (SSSR count). The van der Waals surface area contributed by atoms with E-state index in [9.17, 15) is 19.2 Å². The Hall–Kier alpha value is -2.44. The first-order valence-electron chi connectivity index (χ1n) is 5.47. The highest BCUT2D eigenvalue weighted by atomic mass is 16.4. The van der Waals surface area contributed by atoms with E-state index < -0.39 is 61.3 Å². The fourth-order valence-electron chi connectivity index (χ4n) is 1.76. The van der Waals surface area contributed by atoms with Gasteiger partial charge in [-0.25, -0.2) is 0 Å². The van der Waals surface area contributed by atoms with Crippen molar-refractivity contribution in [3.8, 4) is 0 Å². The van der Waals surface area contributed by atoms with Gasteiger partial charge in [0.1, 0.15) is 0 Å². The predicted molar refractivity (Wildman–Crippen MR) is 90.4 cm³/mol. The summed E-state index contributed by atoms with van der Waals surface area (Å²) in [4.78, 5) is 42.9. The van der Waals surface area contributed by atoms with Crippen LogP contribution < -0.4 is 35.7 Å². The average Bonchev–Trinajstić information content (AvgIpc) is 2.23. The lowest BCUT2D eigenvalue weighted by atomic mass is 9.82. The summed E-state index contributed by atoms with van der Waals surface area (Å²) in [6.07, 6.45) is -2.34. The van der Waals surface area contributed by atoms with E-state index in [-0.39, 0.29) is 35.6 Å². The molecule has 0 aliphatic rings. The summed E-state index contributed by atoms with van der Waals surface area (Å²) < 4.78 is 0. The molecule has 0 radical (unpaired) electrons. The molecule has 0 bridgehead atoms. The summed E-state index contributed by atoms with van der Waals surface area (Å²) in [6.45, 7) is -0.742. The molecule has 0 heterocycles. The second kappa shape index (κ2) is 18.9. The van der Waals surface area contributed by atoms with Gasteiger partial charge in [-0.05, 0) is 0 Å². The molecular formula is C10H32N6O10. The summed E-state index contributed by atoms with van der Waals surface area (Å²) in [5, 5.41) is 37.2. The number of nitrogens with two attached hydrogens (primary N) is 1. The SMILES string of the molecule is N.N.N.N.NC(CC(=O)O)C(CC(=O)O)(CC(=O)O)NCC(=O)O.O.O. The van der Waals surface area contributed by atoms with Gasteiger partial charge in [0.05, 0.1) is 31.3 Å². The van der Waals surface area contributed by atoms with Crippen LogP contribution in [0.3, 0.4) is 0 Å². The van der Waals surface area contributed by atoms with Crippen molar-refractivity contribution in [2.45, 2.75) is 30.8 Å². The number of hydrogen-bond donors (Lipinski definition) is 10. The molecular weight excluding hydrogens is 364 g/mol. The maximum Gasteiger partial charge on any atom is 0.317 e. The first-order chi connectivity index (χ1) is 9.09. The molecule has 0 aromatic heterocycles. The summed E-state index contributed by atoms with van der Waals surface area (Å²) >= 11 is 0. The topological polar surface area (TPSA) is 390 Å². The first-order valence-corrected chi connectivity index (χ1v) is 5.47. The second-order valence-corrected chi connectivity index (χ2v) is 4.25. The largest absolute Gasteiger partial charge is 0.481 e. The molecule has 0 amide bonds. The number of aliphatic carboxylic acids is 4. The molecule has 0 aliphatic carbocycles. The van der Waals surface area contributed by atoms with Crippen LogP contribution >= 0.6 is 0 Å². The van der Waals surface area contributed by atoms with Gasteiger partial charge in [-0.3, -0.25) is 24.5 Å². The summed E-state index contributed by atoms with van der Waals surface area (Å²) in [6, 6.07) is -1.38. The number of carboxylic acid groups (broad SMARTS) is 4. The lowest BCUT2D eigenvalue weighted by Crippen LogP contribution is -2.61. The number of carbonyl (C=O) groups is 4. The van der Waals surface area contributed by atoms with Crippen LogP contribution in [0.15, 0.2) is 0 Å². The van der Waals surface area contributed by atoms with Crippen LogP contribution in [0.4, 0.5) is 0 Å². The van der Waals surface area contributed by atoms with Crippen molar-refractivity contribution >= 4 is 23.9 Å². The molecule has 1 atom stereocenters. The van der Waals surface area contributed by atoms with Crippen LogP contribution in [0.5, 0.6) is 0 Å². The molecule has 0 fully saturated rings. The van der Waals surface area contributed by atoms with E-state index in [0.717, 1.165) is 0 Å². The molecule has 0 saturated carbocycles. The van der Waals surface area contributed by atoms with E-state index in [4.69, 9.17) is 26.2 Å². The van der Waals surface area contributed by atoms with E-state index in [1.165, 1.54) is 0 Å². The minimum Gasteiger partial charge on any atom is -0.481 e. The average molecular weight is 396 g/mol. The third kappa shape index (κ3) is 16.4. The maximum atomic E-state index is 10.8. The lowest BCUT2D eigenvalue weighted by Gasteiger charge is -2.36. The Morgan fingerprint density at radius 2 is 1.12 bits per heavy atom. The van der Waals surface area contributed by atoms with Gasteiger partial charge >= 0.3 is 23.9 Å². The molecule has 0 aliphatic heterocycles. The Morgan fingerprint density at radius 3 is 1.35 bits per heavy atom. The van der Waals surface area contributed by atoms with Gasteiger partial charge in [0.2, 0.25) is 0 Å². The quantitative estimate of drug-likeness (QED) is 0.177. The van der Waals surface area contributed by atoms with Crippen LogP contribution in [0.25, 0.3) is 0 Å². The van der Waals surface area contributed by atoms with Gasteiger partial charge in [0, 0.05) is 6.04 Å². The van der Waals surface area contributed by atoms with Crippen molar-refractivity contribution in [1.82, 2.24) is 29.9 Å². The van der Waals surface area contributed by atoms with Crippen LogP contribution in [0.2, 0.25) is 0 Å². The van der Waals surface area contributed by atoms with Gasteiger partial charge < -0.3 is 61.7 Å². The van der Waals surface area contributed by atoms with E-state index in [0.29, 0.717) is 0 Å². The molecule has 16 nitrogen and oxygen atoms in total. The molecule has 26 heavy (non-hydrogen) atoms. The molecule has 0 aromatic carbocycles. The zero-order chi connectivity index (χ0) is 15.9. The number of rotatable bonds is 10. The summed E-state index contributed by atoms with van der Waals surface area (Å²) in [5.74, 6) is -5.56. The smallest absolute Gasteiger partial charge is 0.317 e. The van der Waals surface area contributed by atoms with E-state index in [1.54, 1.807) is 0 Å². The first kappa shape index (κ1) is 43.7. The highest BCUT2D eigenvalue weighted by molar-refractivity contribution is 5.75. The Labute approximate surface area is 148 Å². The molecule has 23 N–H and O–H groups in total. The fourth-order valence-corrected chi connectivity index (χ4v) is 1.76. The molecule has 0 spiro atoms. The molecule has 0 saturated heterocycles. The van der Waals surface area contributed by atoms with Crippen molar-refractivity contribution in [2.24, 2.45) is 5.73 Å². The Kier molecular flexibility index (Phi) is 31.8. The summed E-state index contributed by atoms with van der Waals surface area (Å²) in [7, 11) is 0. The Balaban J connectivity index is -0.000000120. The van der Waals surface area contributed by atoms with E-state index in [2.05, 4.69) is 5.32 Å². The van der Waals surface area contributed by atoms with E-state index in [1.807, 2.05) is 0 Å². The van der Waals surface area contributed by atoms with Gasteiger partial charge in [-0.1, -0.05) is 0 Å². The van der Waals surface area contributed by atoms with Gasteiger partial charge in [-0.2, -0.15) is 0 Å². The van der Waals surface area contributed by atoms with Gasteiger partial charge in [0.15, 0.2) is 0 Å². The normalized spacial score (nSPS) is 9.73. The van der Waals surface area contributed by atoms with Crippen molar-refractivity contribution in [2.75, 3.05) is 6.54 Å². The van der Waals surface area contributed by atoms with Crippen LogP contribution in [0, 0.1) is 0 Å². The monoisotopic (exact) mass is 396 g/mol.